The largest absolute Gasteiger partial charge is 0.493 e. The van der Waals surface area contributed by atoms with Gasteiger partial charge in [0.05, 0.1) is 13.7 Å². The smallest absolute Gasteiger partial charge is 0.326 e. The van der Waals surface area contributed by atoms with E-state index in [2.05, 4.69) is 5.32 Å². The lowest BCUT2D eigenvalue weighted by molar-refractivity contribution is -0.140. The molecular formula is C15H21NO5. The Morgan fingerprint density at radius 1 is 1.29 bits per heavy atom. The number of carbonyl (C=O) groups is 2. The normalized spacial score (nSPS) is 11.9. The molecule has 0 unspecified atom stereocenters. The molecule has 21 heavy (non-hydrogen) atoms. The zero-order chi connectivity index (χ0) is 16.0. The predicted octanol–water partition coefficient (Wildman–Crippen LogP) is 1.93. The van der Waals surface area contributed by atoms with E-state index in [1.54, 1.807) is 26.0 Å². The highest BCUT2D eigenvalue weighted by Crippen LogP contribution is 2.28. The number of methoxy groups -OCH3 is 1. The minimum absolute atomic E-state index is 0.212. The molecule has 0 saturated heterocycles. The van der Waals surface area contributed by atoms with Gasteiger partial charge in [-0.25, -0.2) is 4.79 Å². The molecule has 1 atom stereocenters. The number of carboxylic acid groups (broad SMARTS) is 1. The van der Waals surface area contributed by atoms with Crippen LogP contribution in [0.25, 0.3) is 0 Å². The van der Waals surface area contributed by atoms with E-state index in [0.717, 1.165) is 0 Å². The maximum Gasteiger partial charge on any atom is 0.326 e. The van der Waals surface area contributed by atoms with E-state index in [1.807, 2.05) is 6.92 Å². The third-order valence-electron chi connectivity index (χ3n) is 2.94. The average molecular weight is 295 g/mol. The highest BCUT2D eigenvalue weighted by Gasteiger charge is 2.24. The molecule has 0 aliphatic heterocycles. The molecule has 0 radical (unpaired) electrons. The highest BCUT2D eigenvalue weighted by atomic mass is 16.5. The first-order chi connectivity index (χ1) is 9.90. The molecule has 1 rings (SSSR count). The van der Waals surface area contributed by atoms with Crippen LogP contribution in [0, 0.1) is 5.92 Å². The fourth-order valence-electron chi connectivity index (χ4n) is 1.82. The summed E-state index contributed by atoms with van der Waals surface area (Å²) in [4.78, 5) is 23.3. The molecule has 1 aromatic rings. The summed E-state index contributed by atoms with van der Waals surface area (Å²) in [6.07, 6.45) is 0. The second kappa shape index (κ2) is 7.52. The van der Waals surface area contributed by atoms with Crippen LogP contribution in [0.3, 0.4) is 0 Å². The van der Waals surface area contributed by atoms with Crippen LogP contribution in [0.2, 0.25) is 0 Å². The highest BCUT2D eigenvalue weighted by molar-refractivity contribution is 5.97. The minimum atomic E-state index is -1.06. The third kappa shape index (κ3) is 4.37. The molecule has 0 aromatic heterocycles. The van der Waals surface area contributed by atoms with Gasteiger partial charge in [-0.2, -0.15) is 0 Å². The van der Waals surface area contributed by atoms with Gasteiger partial charge >= 0.3 is 5.97 Å². The number of nitrogens with one attached hydrogen (secondary N) is 1. The summed E-state index contributed by atoms with van der Waals surface area (Å²) in [6, 6.07) is 3.79. The van der Waals surface area contributed by atoms with Crippen LogP contribution in [0.5, 0.6) is 11.5 Å². The van der Waals surface area contributed by atoms with Gasteiger partial charge in [0, 0.05) is 5.56 Å². The topological polar surface area (TPSA) is 84.9 Å². The summed E-state index contributed by atoms with van der Waals surface area (Å²) in [5.74, 6) is -0.760. The maximum absolute atomic E-state index is 12.1. The van der Waals surface area contributed by atoms with Gasteiger partial charge in [0.15, 0.2) is 11.5 Å². The van der Waals surface area contributed by atoms with E-state index in [4.69, 9.17) is 14.6 Å². The molecule has 0 spiro atoms. The first kappa shape index (κ1) is 16.8. The number of amides is 1. The zero-order valence-electron chi connectivity index (χ0n) is 12.7. The molecule has 0 aliphatic carbocycles. The van der Waals surface area contributed by atoms with Gasteiger partial charge in [0.25, 0.3) is 5.91 Å². The lowest BCUT2D eigenvalue weighted by Crippen LogP contribution is -2.44. The molecule has 0 bridgehead atoms. The second-order valence-electron chi connectivity index (χ2n) is 4.83. The van der Waals surface area contributed by atoms with Crippen LogP contribution in [-0.2, 0) is 4.79 Å². The molecule has 0 aliphatic rings. The van der Waals surface area contributed by atoms with Crippen molar-refractivity contribution >= 4 is 11.9 Å². The Kier molecular flexibility index (Phi) is 6.02. The molecule has 0 saturated carbocycles. The van der Waals surface area contributed by atoms with Crippen molar-refractivity contribution in [2.24, 2.45) is 5.92 Å². The Morgan fingerprint density at radius 2 is 1.95 bits per heavy atom. The van der Waals surface area contributed by atoms with E-state index in [1.165, 1.54) is 13.2 Å². The van der Waals surface area contributed by atoms with Crippen molar-refractivity contribution in [1.82, 2.24) is 5.32 Å². The SMILES string of the molecule is CCOc1cc(C(=O)N[C@H](C(=O)O)C(C)C)ccc1OC. The molecule has 0 fully saturated rings. The molecule has 1 amide bonds. The number of rotatable bonds is 7. The summed E-state index contributed by atoms with van der Waals surface area (Å²) in [7, 11) is 1.51. The number of carboxylic acids is 1. The maximum atomic E-state index is 12.1. The molecular weight excluding hydrogens is 274 g/mol. The van der Waals surface area contributed by atoms with Crippen molar-refractivity contribution in [3.63, 3.8) is 0 Å². The van der Waals surface area contributed by atoms with Gasteiger partial charge in [-0.3, -0.25) is 4.79 Å². The van der Waals surface area contributed by atoms with Crippen molar-refractivity contribution in [2.75, 3.05) is 13.7 Å². The van der Waals surface area contributed by atoms with Crippen molar-refractivity contribution < 1.29 is 24.2 Å². The van der Waals surface area contributed by atoms with Crippen LogP contribution in [0.1, 0.15) is 31.1 Å². The van der Waals surface area contributed by atoms with Gasteiger partial charge in [0.1, 0.15) is 6.04 Å². The number of ether oxygens (including phenoxy) is 2. The minimum Gasteiger partial charge on any atom is -0.493 e. The summed E-state index contributed by atoms with van der Waals surface area (Å²) < 4.78 is 10.5. The van der Waals surface area contributed by atoms with Crippen LogP contribution >= 0.6 is 0 Å². The lowest BCUT2D eigenvalue weighted by atomic mass is 10.0. The van der Waals surface area contributed by atoms with E-state index >= 15 is 0 Å². The Bertz CT molecular complexity index is 513. The monoisotopic (exact) mass is 295 g/mol. The predicted molar refractivity (Wildman–Crippen MR) is 77.9 cm³/mol. The molecule has 1 aromatic carbocycles. The van der Waals surface area contributed by atoms with Crippen molar-refractivity contribution in [1.29, 1.82) is 0 Å². The molecule has 116 valence electrons. The summed E-state index contributed by atoms with van der Waals surface area (Å²) in [5.41, 5.74) is 0.325. The van der Waals surface area contributed by atoms with E-state index in [-0.39, 0.29) is 5.92 Å². The number of hydrogen-bond acceptors (Lipinski definition) is 4. The molecule has 6 heteroatoms. The zero-order valence-corrected chi connectivity index (χ0v) is 12.7. The van der Waals surface area contributed by atoms with E-state index in [0.29, 0.717) is 23.7 Å². The first-order valence-corrected chi connectivity index (χ1v) is 6.75. The van der Waals surface area contributed by atoms with Crippen LogP contribution in [0.4, 0.5) is 0 Å². The third-order valence-corrected chi connectivity index (χ3v) is 2.94. The van der Waals surface area contributed by atoms with Gasteiger partial charge in [0.2, 0.25) is 0 Å². The fraction of sp³-hybridized carbons (Fsp3) is 0.467. The molecule has 6 nitrogen and oxygen atoms in total. The molecule has 2 N–H and O–H groups in total. The molecule has 0 heterocycles. The lowest BCUT2D eigenvalue weighted by Gasteiger charge is -2.18. The van der Waals surface area contributed by atoms with Crippen molar-refractivity contribution in [3.05, 3.63) is 23.8 Å². The van der Waals surface area contributed by atoms with E-state index < -0.39 is 17.9 Å². The summed E-state index contributed by atoms with van der Waals surface area (Å²) >= 11 is 0. The second-order valence-corrected chi connectivity index (χ2v) is 4.83. The van der Waals surface area contributed by atoms with E-state index in [9.17, 15) is 9.59 Å². The van der Waals surface area contributed by atoms with Gasteiger partial charge in [-0.1, -0.05) is 13.8 Å². The summed E-state index contributed by atoms with van der Waals surface area (Å²) in [6.45, 7) is 5.73. The number of benzene rings is 1. The van der Waals surface area contributed by atoms with Gasteiger partial charge in [-0.15, -0.1) is 0 Å². The first-order valence-electron chi connectivity index (χ1n) is 6.75. The van der Waals surface area contributed by atoms with Crippen molar-refractivity contribution in [3.8, 4) is 11.5 Å². The Morgan fingerprint density at radius 3 is 2.43 bits per heavy atom. The Labute approximate surface area is 124 Å². The Hall–Kier alpha value is -2.24. The summed E-state index contributed by atoms with van der Waals surface area (Å²) in [5, 5.41) is 11.6. The average Bonchev–Trinajstić information content (AvgIpc) is 2.44. The number of carbonyl (C=O) groups excluding carboxylic acids is 1. The number of hydrogen-bond donors (Lipinski definition) is 2. The Balaban J connectivity index is 2.96. The number of aliphatic carboxylic acids is 1. The van der Waals surface area contributed by atoms with Gasteiger partial charge < -0.3 is 19.9 Å². The van der Waals surface area contributed by atoms with Crippen molar-refractivity contribution in [2.45, 2.75) is 26.8 Å². The fourth-order valence-corrected chi connectivity index (χ4v) is 1.82. The van der Waals surface area contributed by atoms with Gasteiger partial charge in [-0.05, 0) is 31.0 Å². The quantitative estimate of drug-likeness (QED) is 0.803. The standard InChI is InChI=1S/C15H21NO5/c1-5-21-12-8-10(6-7-11(12)20-4)14(17)16-13(9(2)3)15(18)19/h6-9,13H,5H2,1-4H3,(H,16,17)(H,18,19)/t13-/m0/s1. The van der Waals surface area contributed by atoms with Crippen LogP contribution in [0.15, 0.2) is 18.2 Å². The van der Waals surface area contributed by atoms with Crippen LogP contribution in [-0.4, -0.2) is 36.7 Å². The van der Waals surface area contributed by atoms with Crippen LogP contribution < -0.4 is 14.8 Å².